The van der Waals surface area contributed by atoms with Crippen LogP contribution in [0.4, 0.5) is 5.69 Å². The van der Waals surface area contributed by atoms with Gasteiger partial charge in [-0.15, -0.1) is 0 Å². The normalized spacial score (nSPS) is 11.9. The minimum absolute atomic E-state index is 0.396. The first-order valence-corrected chi connectivity index (χ1v) is 7.31. The molecule has 5 nitrogen and oxygen atoms in total. The van der Waals surface area contributed by atoms with Gasteiger partial charge in [0.1, 0.15) is 17.3 Å². The number of nitrogens with two attached hydrogens (primary N) is 1. The predicted molar refractivity (Wildman–Crippen MR) is 90.5 cm³/mol. The van der Waals surface area contributed by atoms with E-state index >= 15 is 0 Å². The van der Waals surface area contributed by atoms with Gasteiger partial charge in [0, 0.05) is 17.3 Å². The van der Waals surface area contributed by atoms with E-state index in [0.717, 1.165) is 16.6 Å². The van der Waals surface area contributed by atoms with E-state index in [9.17, 15) is 4.79 Å². The van der Waals surface area contributed by atoms with E-state index < -0.39 is 11.9 Å². The molecule has 5 heteroatoms. The molecule has 0 fully saturated rings. The molecule has 0 radical (unpaired) electrons. The molecule has 1 atom stereocenters. The van der Waals surface area contributed by atoms with Crippen LogP contribution in [0.25, 0.3) is 10.9 Å². The summed E-state index contributed by atoms with van der Waals surface area (Å²) in [7, 11) is 0. The lowest BCUT2D eigenvalue weighted by Gasteiger charge is -2.12. The maximum atomic E-state index is 11.1. The molecule has 3 N–H and O–H groups in total. The molecule has 0 aliphatic heterocycles. The molecule has 1 heterocycles. The average molecular weight is 307 g/mol. The monoisotopic (exact) mass is 307 g/mol. The molecule has 0 aliphatic carbocycles. The van der Waals surface area contributed by atoms with Gasteiger partial charge >= 0.3 is 0 Å². The van der Waals surface area contributed by atoms with Gasteiger partial charge in [0.05, 0.1) is 0 Å². The molecule has 2 aromatic carbocycles. The van der Waals surface area contributed by atoms with Crippen molar-refractivity contribution in [3.05, 3.63) is 60.8 Å². The van der Waals surface area contributed by atoms with Crippen LogP contribution in [0.1, 0.15) is 6.92 Å². The molecule has 23 heavy (non-hydrogen) atoms. The Morgan fingerprint density at radius 3 is 2.61 bits per heavy atom. The van der Waals surface area contributed by atoms with E-state index in [0.29, 0.717) is 11.5 Å². The maximum Gasteiger partial charge on any atom is 0.239 e. The third-order valence-corrected chi connectivity index (χ3v) is 3.49. The first kappa shape index (κ1) is 14.8. The summed E-state index contributed by atoms with van der Waals surface area (Å²) >= 11 is 0. The van der Waals surface area contributed by atoms with Crippen molar-refractivity contribution in [2.24, 2.45) is 5.73 Å². The highest BCUT2D eigenvalue weighted by Crippen LogP contribution is 2.28. The van der Waals surface area contributed by atoms with Crippen molar-refractivity contribution in [2.45, 2.75) is 13.0 Å². The minimum atomic E-state index is -0.427. The van der Waals surface area contributed by atoms with Crippen LogP contribution in [0.3, 0.4) is 0 Å². The Morgan fingerprint density at radius 2 is 1.87 bits per heavy atom. The molecule has 0 saturated carbocycles. The lowest BCUT2D eigenvalue weighted by atomic mass is 10.2. The number of para-hydroxylation sites is 1. The third-order valence-electron chi connectivity index (χ3n) is 3.49. The van der Waals surface area contributed by atoms with Crippen molar-refractivity contribution in [1.29, 1.82) is 0 Å². The Balaban J connectivity index is 1.79. The lowest BCUT2D eigenvalue weighted by Crippen LogP contribution is -2.32. The number of amides is 1. The number of ether oxygens (including phenoxy) is 1. The van der Waals surface area contributed by atoms with Gasteiger partial charge in [-0.05, 0) is 43.3 Å². The molecule has 0 aliphatic rings. The first-order valence-electron chi connectivity index (χ1n) is 7.31. The van der Waals surface area contributed by atoms with Gasteiger partial charge in [-0.2, -0.15) is 0 Å². The van der Waals surface area contributed by atoms with Crippen LogP contribution < -0.4 is 15.8 Å². The van der Waals surface area contributed by atoms with Gasteiger partial charge in [0.2, 0.25) is 5.91 Å². The number of rotatable bonds is 5. The summed E-state index contributed by atoms with van der Waals surface area (Å²) in [6, 6.07) is 16.6. The van der Waals surface area contributed by atoms with E-state index in [1.54, 1.807) is 13.1 Å². The maximum absolute atomic E-state index is 11.1. The van der Waals surface area contributed by atoms with Gasteiger partial charge in [0.15, 0.2) is 5.75 Å². The number of benzene rings is 2. The molecule has 1 aromatic heterocycles. The summed E-state index contributed by atoms with van der Waals surface area (Å²) < 4.78 is 5.92. The Kier molecular flexibility index (Phi) is 4.10. The number of fused-ring (bicyclic) bond motifs is 1. The number of hydrogen-bond donors (Lipinski definition) is 2. The molecular weight excluding hydrogens is 290 g/mol. The summed E-state index contributed by atoms with van der Waals surface area (Å²) in [6.07, 6.45) is 1.74. The van der Waals surface area contributed by atoms with E-state index in [2.05, 4.69) is 10.3 Å². The molecule has 3 aromatic rings. The molecular formula is C18H17N3O2. The number of anilines is 1. The quantitative estimate of drug-likeness (QED) is 0.758. The standard InChI is InChI=1S/C18H17N3O2/c1-12(18(19)22)21-14-7-9-15(10-8-14)23-16-6-2-4-13-5-3-11-20-17(13)16/h2-12,21H,1H3,(H2,19,22)/t12-/m0/s1. The Bertz CT molecular complexity index is 826. The SMILES string of the molecule is C[C@H](Nc1ccc(Oc2cccc3cccnc23)cc1)C(N)=O. The molecule has 0 saturated heterocycles. The number of aromatic nitrogens is 1. The molecule has 0 unspecified atom stereocenters. The number of nitrogens with zero attached hydrogens (tertiary/aromatic N) is 1. The molecule has 0 spiro atoms. The number of carbonyl (C=O) groups excluding carboxylic acids is 1. The average Bonchev–Trinajstić information content (AvgIpc) is 2.57. The highest BCUT2D eigenvalue weighted by Gasteiger charge is 2.08. The number of pyridine rings is 1. The summed E-state index contributed by atoms with van der Waals surface area (Å²) in [4.78, 5) is 15.4. The van der Waals surface area contributed by atoms with Crippen LogP contribution in [0.5, 0.6) is 11.5 Å². The van der Waals surface area contributed by atoms with Gasteiger partial charge < -0.3 is 15.8 Å². The first-order chi connectivity index (χ1) is 11.1. The van der Waals surface area contributed by atoms with E-state index in [-0.39, 0.29) is 0 Å². The summed E-state index contributed by atoms with van der Waals surface area (Å²) in [5.41, 5.74) is 6.86. The fraction of sp³-hybridized carbons (Fsp3) is 0.111. The molecule has 0 bridgehead atoms. The second-order valence-corrected chi connectivity index (χ2v) is 5.23. The second-order valence-electron chi connectivity index (χ2n) is 5.23. The fourth-order valence-electron chi connectivity index (χ4n) is 2.23. The number of carbonyl (C=O) groups is 1. The van der Waals surface area contributed by atoms with Crippen molar-refractivity contribution in [3.8, 4) is 11.5 Å². The number of nitrogens with one attached hydrogen (secondary N) is 1. The minimum Gasteiger partial charge on any atom is -0.455 e. The smallest absolute Gasteiger partial charge is 0.239 e. The molecule has 3 rings (SSSR count). The molecule has 116 valence electrons. The van der Waals surface area contributed by atoms with Gasteiger partial charge in [-0.1, -0.05) is 18.2 Å². The molecule has 1 amide bonds. The highest BCUT2D eigenvalue weighted by atomic mass is 16.5. The van der Waals surface area contributed by atoms with Crippen molar-refractivity contribution in [2.75, 3.05) is 5.32 Å². The fourth-order valence-corrected chi connectivity index (χ4v) is 2.23. The van der Waals surface area contributed by atoms with Crippen molar-refractivity contribution < 1.29 is 9.53 Å². The largest absolute Gasteiger partial charge is 0.455 e. The predicted octanol–water partition coefficient (Wildman–Crippen LogP) is 3.31. The van der Waals surface area contributed by atoms with Crippen molar-refractivity contribution in [1.82, 2.24) is 4.98 Å². The van der Waals surface area contributed by atoms with E-state index in [1.165, 1.54) is 0 Å². The van der Waals surface area contributed by atoms with Gasteiger partial charge in [0.25, 0.3) is 0 Å². The Morgan fingerprint density at radius 1 is 1.13 bits per heavy atom. The van der Waals surface area contributed by atoms with Crippen molar-refractivity contribution in [3.63, 3.8) is 0 Å². The van der Waals surface area contributed by atoms with Crippen LogP contribution in [0.15, 0.2) is 60.8 Å². The van der Waals surface area contributed by atoms with Gasteiger partial charge in [-0.3, -0.25) is 9.78 Å². The third kappa shape index (κ3) is 3.40. The lowest BCUT2D eigenvalue weighted by molar-refractivity contribution is -0.118. The summed E-state index contributed by atoms with van der Waals surface area (Å²) in [6.45, 7) is 1.72. The zero-order chi connectivity index (χ0) is 16.2. The highest BCUT2D eigenvalue weighted by molar-refractivity contribution is 5.84. The zero-order valence-corrected chi connectivity index (χ0v) is 12.7. The van der Waals surface area contributed by atoms with Crippen LogP contribution >= 0.6 is 0 Å². The summed E-state index contributed by atoms with van der Waals surface area (Å²) in [5.74, 6) is 1.00. The van der Waals surface area contributed by atoms with Gasteiger partial charge in [-0.25, -0.2) is 0 Å². The van der Waals surface area contributed by atoms with E-state index in [1.807, 2.05) is 54.6 Å². The van der Waals surface area contributed by atoms with Crippen LogP contribution in [-0.2, 0) is 4.79 Å². The van der Waals surface area contributed by atoms with Crippen LogP contribution in [0, 0.1) is 0 Å². The second kappa shape index (κ2) is 6.36. The van der Waals surface area contributed by atoms with Crippen molar-refractivity contribution >= 4 is 22.5 Å². The number of hydrogen-bond acceptors (Lipinski definition) is 4. The van der Waals surface area contributed by atoms with Crippen LogP contribution in [0.2, 0.25) is 0 Å². The summed E-state index contributed by atoms with van der Waals surface area (Å²) in [5, 5.41) is 4.05. The topological polar surface area (TPSA) is 77.2 Å². The van der Waals surface area contributed by atoms with E-state index in [4.69, 9.17) is 10.5 Å². The Hall–Kier alpha value is -3.08. The Labute approximate surface area is 134 Å². The van der Waals surface area contributed by atoms with Crippen LogP contribution in [-0.4, -0.2) is 16.9 Å². The number of primary amides is 1. The zero-order valence-electron chi connectivity index (χ0n) is 12.7.